The van der Waals surface area contributed by atoms with E-state index in [9.17, 15) is 14.4 Å². The van der Waals surface area contributed by atoms with Crippen LogP contribution in [0.25, 0.3) is 0 Å². The molecule has 0 saturated carbocycles. The number of aryl methyl sites for hydroxylation is 1. The summed E-state index contributed by atoms with van der Waals surface area (Å²) in [5.74, 6) is 0.579. The maximum absolute atomic E-state index is 13.3. The van der Waals surface area contributed by atoms with Gasteiger partial charge in [-0.15, -0.1) is 0 Å². The number of amides is 3. The number of benzene rings is 2. The van der Waals surface area contributed by atoms with Crippen LogP contribution in [0.5, 0.6) is 11.5 Å². The molecule has 1 fully saturated rings. The SMILES string of the molecule is CCOC(=O)C1=C(CN2CCN(C(=O)c3ccc(C)cc3)CC2)N(C)C(=O)N[C@@H]1c1cc(OC)cc(OC)c1. The van der Waals surface area contributed by atoms with Gasteiger partial charge in [-0.2, -0.15) is 0 Å². The lowest BCUT2D eigenvalue weighted by Crippen LogP contribution is -2.53. The van der Waals surface area contributed by atoms with E-state index >= 15 is 0 Å². The molecular formula is C29H36N4O6. The van der Waals surface area contributed by atoms with Gasteiger partial charge in [0.25, 0.3) is 5.91 Å². The van der Waals surface area contributed by atoms with Gasteiger partial charge in [-0.1, -0.05) is 17.7 Å². The van der Waals surface area contributed by atoms with E-state index in [1.165, 1.54) is 4.90 Å². The van der Waals surface area contributed by atoms with Crippen LogP contribution in [0, 0.1) is 6.92 Å². The second kappa shape index (κ2) is 12.2. The van der Waals surface area contributed by atoms with Gasteiger partial charge >= 0.3 is 12.0 Å². The van der Waals surface area contributed by atoms with Crippen LogP contribution in [0.4, 0.5) is 4.79 Å². The van der Waals surface area contributed by atoms with Crippen LogP contribution in [0.15, 0.2) is 53.7 Å². The number of nitrogens with one attached hydrogen (secondary N) is 1. The quantitative estimate of drug-likeness (QED) is 0.518. The van der Waals surface area contributed by atoms with E-state index in [1.54, 1.807) is 46.4 Å². The second-order valence-electron chi connectivity index (χ2n) is 9.60. The third-order valence-corrected chi connectivity index (χ3v) is 7.11. The molecule has 10 heteroatoms. The largest absolute Gasteiger partial charge is 0.497 e. The fourth-order valence-corrected chi connectivity index (χ4v) is 4.84. The molecule has 0 aromatic heterocycles. The van der Waals surface area contributed by atoms with Crippen molar-refractivity contribution < 1.29 is 28.6 Å². The molecule has 0 unspecified atom stereocenters. The molecule has 208 valence electrons. The van der Waals surface area contributed by atoms with Gasteiger partial charge in [0.2, 0.25) is 0 Å². The summed E-state index contributed by atoms with van der Waals surface area (Å²) < 4.78 is 16.3. The van der Waals surface area contributed by atoms with Crippen molar-refractivity contribution in [3.05, 3.63) is 70.4 Å². The van der Waals surface area contributed by atoms with Crippen molar-refractivity contribution in [3.8, 4) is 11.5 Å². The molecule has 4 rings (SSSR count). The molecule has 0 bridgehead atoms. The highest BCUT2D eigenvalue weighted by Crippen LogP contribution is 2.35. The standard InChI is InChI=1S/C29H36N4O6/c1-6-39-28(35)25-24(18-32-11-13-33(14-12-32)27(34)20-9-7-19(2)8-10-20)31(3)29(36)30-26(25)21-15-22(37-4)17-23(16-21)38-5/h7-10,15-17,26H,6,11-14,18H2,1-5H3,(H,30,36)/t26-/m1/s1. The van der Waals surface area contributed by atoms with E-state index in [2.05, 4.69) is 10.2 Å². The second-order valence-corrected chi connectivity index (χ2v) is 9.60. The Kier molecular flexibility index (Phi) is 8.75. The summed E-state index contributed by atoms with van der Waals surface area (Å²) >= 11 is 0. The van der Waals surface area contributed by atoms with Gasteiger partial charge in [-0.3, -0.25) is 14.6 Å². The highest BCUT2D eigenvalue weighted by molar-refractivity contribution is 5.95. The molecule has 2 heterocycles. The maximum Gasteiger partial charge on any atom is 0.338 e. The molecule has 2 aromatic rings. The van der Waals surface area contributed by atoms with Crippen molar-refractivity contribution in [1.82, 2.24) is 20.0 Å². The van der Waals surface area contributed by atoms with Gasteiger partial charge in [0.1, 0.15) is 11.5 Å². The number of carbonyl (C=O) groups is 3. The fraction of sp³-hybridized carbons (Fsp3) is 0.414. The van der Waals surface area contributed by atoms with Crippen molar-refractivity contribution in [3.63, 3.8) is 0 Å². The predicted octanol–water partition coefficient (Wildman–Crippen LogP) is 2.98. The third kappa shape index (κ3) is 6.17. The summed E-state index contributed by atoms with van der Waals surface area (Å²) in [5.41, 5.74) is 3.33. The number of methoxy groups -OCH3 is 2. The van der Waals surface area contributed by atoms with E-state index in [-0.39, 0.29) is 18.5 Å². The number of rotatable bonds is 8. The summed E-state index contributed by atoms with van der Waals surface area (Å²) in [7, 11) is 4.73. The number of hydrogen-bond acceptors (Lipinski definition) is 7. The van der Waals surface area contributed by atoms with E-state index in [1.807, 2.05) is 36.1 Å². The Labute approximate surface area is 229 Å². The first-order chi connectivity index (χ1) is 18.7. The molecule has 1 N–H and O–H groups in total. The fourth-order valence-electron chi connectivity index (χ4n) is 4.84. The molecule has 2 aliphatic heterocycles. The Hall–Kier alpha value is -4.05. The number of carbonyl (C=O) groups excluding carboxylic acids is 3. The number of urea groups is 1. The summed E-state index contributed by atoms with van der Waals surface area (Å²) in [6, 6.07) is 11.8. The number of ether oxygens (including phenoxy) is 3. The Morgan fingerprint density at radius 1 is 0.974 bits per heavy atom. The maximum atomic E-state index is 13.3. The lowest BCUT2D eigenvalue weighted by atomic mass is 9.93. The summed E-state index contributed by atoms with van der Waals surface area (Å²) in [6.07, 6.45) is 0. The molecule has 10 nitrogen and oxygen atoms in total. The molecule has 0 radical (unpaired) electrons. The van der Waals surface area contributed by atoms with E-state index in [0.717, 1.165) is 5.56 Å². The zero-order chi connectivity index (χ0) is 28.1. The Morgan fingerprint density at radius 3 is 2.15 bits per heavy atom. The van der Waals surface area contributed by atoms with Crippen LogP contribution in [-0.2, 0) is 9.53 Å². The summed E-state index contributed by atoms with van der Waals surface area (Å²) in [6.45, 7) is 6.57. The van der Waals surface area contributed by atoms with Crippen molar-refractivity contribution in [2.45, 2.75) is 19.9 Å². The molecule has 1 atom stereocenters. The zero-order valence-corrected chi connectivity index (χ0v) is 23.2. The van der Waals surface area contributed by atoms with E-state index in [4.69, 9.17) is 14.2 Å². The van der Waals surface area contributed by atoms with Crippen LogP contribution in [0.1, 0.15) is 34.5 Å². The number of likely N-dealkylation sites (N-methyl/N-ethyl adjacent to an activating group) is 1. The smallest absolute Gasteiger partial charge is 0.338 e. The minimum Gasteiger partial charge on any atom is -0.497 e. The number of esters is 1. The van der Waals surface area contributed by atoms with Gasteiger partial charge in [0.15, 0.2) is 0 Å². The van der Waals surface area contributed by atoms with E-state index < -0.39 is 12.0 Å². The van der Waals surface area contributed by atoms with Crippen LogP contribution in [-0.4, -0.2) is 93.2 Å². The van der Waals surface area contributed by atoms with Gasteiger partial charge in [0, 0.05) is 57.1 Å². The normalized spacial score (nSPS) is 18.1. The van der Waals surface area contributed by atoms with Gasteiger partial charge in [-0.25, -0.2) is 9.59 Å². The third-order valence-electron chi connectivity index (χ3n) is 7.11. The van der Waals surface area contributed by atoms with E-state index in [0.29, 0.717) is 66.6 Å². The molecule has 39 heavy (non-hydrogen) atoms. The minimum atomic E-state index is -0.754. The van der Waals surface area contributed by atoms with Crippen LogP contribution < -0.4 is 14.8 Å². The van der Waals surface area contributed by atoms with Crippen LogP contribution in [0.2, 0.25) is 0 Å². The monoisotopic (exact) mass is 536 g/mol. The topological polar surface area (TPSA) is 101 Å². The molecular weight excluding hydrogens is 500 g/mol. The van der Waals surface area contributed by atoms with Crippen molar-refractivity contribution in [2.75, 3.05) is 60.6 Å². The molecule has 0 aliphatic carbocycles. The van der Waals surface area contributed by atoms with Crippen molar-refractivity contribution in [1.29, 1.82) is 0 Å². The molecule has 2 aromatic carbocycles. The van der Waals surface area contributed by atoms with Crippen LogP contribution >= 0.6 is 0 Å². The molecule has 0 spiro atoms. The van der Waals surface area contributed by atoms with Crippen molar-refractivity contribution >= 4 is 17.9 Å². The summed E-state index contributed by atoms with van der Waals surface area (Å²) in [5, 5.41) is 2.93. The Balaban J connectivity index is 1.60. The first-order valence-corrected chi connectivity index (χ1v) is 13.0. The Bertz CT molecular complexity index is 1230. The van der Waals surface area contributed by atoms with Gasteiger partial charge < -0.3 is 24.4 Å². The minimum absolute atomic E-state index is 0.00211. The highest BCUT2D eigenvalue weighted by Gasteiger charge is 2.38. The average molecular weight is 537 g/mol. The number of nitrogens with zero attached hydrogens (tertiary/aromatic N) is 3. The van der Waals surface area contributed by atoms with Gasteiger partial charge in [0.05, 0.1) is 32.4 Å². The molecule has 2 aliphatic rings. The average Bonchev–Trinajstić information content (AvgIpc) is 2.95. The lowest BCUT2D eigenvalue weighted by molar-refractivity contribution is -0.139. The van der Waals surface area contributed by atoms with Crippen LogP contribution in [0.3, 0.4) is 0 Å². The van der Waals surface area contributed by atoms with Crippen molar-refractivity contribution in [2.24, 2.45) is 0 Å². The molecule has 1 saturated heterocycles. The highest BCUT2D eigenvalue weighted by atomic mass is 16.5. The van der Waals surface area contributed by atoms with Gasteiger partial charge in [-0.05, 0) is 43.7 Å². The lowest BCUT2D eigenvalue weighted by Gasteiger charge is -2.39. The predicted molar refractivity (Wildman–Crippen MR) is 146 cm³/mol. The first kappa shape index (κ1) is 28.0. The molecule has 3 amide bonds. The number of hydrogen-bond donors (Lipinski definition) is 1. The first-order valence-electron chi connectivity index (χ1n) is 13.0. The number of piperazine rings is 1. The summed E-state index contributed by atoms with van der Waals surface area (Å²) in [4.78, 5) is 44.8. The zero-order valence-electron chi connectivity index (χ0n) is 23.2. The Morgan fingerprint density at radius 2 is 1.59 bits per heavy atom.